The van der Waals surface area contributed by atoms with Gasteiger partial charge in [0.05, 0.1) is 6.33 Å². The smallest absolute Gasteiger partial charge is 0.317 e. The van der Waals surface area contributed by atoms with Gasteiger partial charge < -0.3 is 14.8 Å². The molecule has 1 saturated heterocycles. The molecule has 1 aromatic rings. The zero-order valence-corrected chi connectivity index (χ0v) is 9.05. The van der Waals surface area contributed by atoms with Gasteiger partial charge in [-0.2, -0.15) is 10.5 Å². The predicted molar refractivity (Wildman–Crippen MR) is 56.6 cm³/mol. The van der Waals surface area contributed by atoms with Gasteiger partial charge in [0, 0.05) is 26.2 Å². The summed E-state index contributed by atoms with van der Waals surface area (Å²) in [5, 5.41) is 20.3. The fourth-order valence-corrected chi connectivity index (χ4v) is 1.70. The number of rotatable bonds is 3. The SMILES string of the molecule is N#Cc1ncn(CCN2CCNC2=O)c1C#N. The molecule has 0 bridgehead atoms. The van der Waals surface area contributed by atoms with Crippen LogP contribution in [-0.4, -0.2) is 40.1 Å². The number of amides is 2. The van der Waals surface area contributed by atoms with Crippen LogP contribution in [0.15, 0.2) is 6.33 Å². The highest BCUT2D eigenvalue weighted by Gasteiger charge is 2.19. The molecule has 86 valence electrons. The molecule has 0 saturated carbocycles. The topological polar surface area (TPSA) is 97.7 Å². The van der Waals surface area contributed by atoms with Crippen molar-refractivity contribution in [3.05, 3.63) is 17.7 Å². The third-order valence-electron chi connectivity index (χ3n) is 2.61. The first-order chi connectivity index (χ1) is 8.26. The Kier molecular flexibility index (Phi) is 2.93. The first-order valence-corrected chi connectivity index (χ1v) is 5.14. The van der Waals surface area contributed by atoms with Crippen molar-refractivity contribution in [1.29, 1.82) is 10.5 Å². The van der Waals surface area contributed by atoms with Gasteiger partial charge in [0.2, 0.25) is 0 Å². The molecule has 1 N–H and O–H groups in total. The van der Waals surface area contributed by atoms with Crippen LogP contribution in [0.1, 0.15) is 11.4 Å². The molecule has 2 amide bonds. The molecule has 2 heterocycles. The lowest BCUT2D eigenvalue weighted by atomic mass is 10.3. The summed E-state index contributed by atoms with van der Waals surface area (Å²) >= 11 is 0. The van der Waals surface area contributed by atoms with E-state index in [9.17, 15) is 4.79 Å². The van der Waals surface area contributed by atoms with E-state index < -0.39 is 0 Å². The van der Waals surface area contributed by atoms with Crippen molar-refractivity contribution in [2.24, 2.45) is 0 Å². The van der Waals surface area contributed by atoms with Gasteiger partial charge in [-0.3, -0.25) is 0 Å². The third-order valence-corrected chi connectivity index (χ3v) is 2.61. The number of aromatic nitrogens is 2. The van der Waals surface area contributed by atoms with E-state index in [0.717, 1.165) is 0 Å². The number of imidazole rings is 1. The maximum atomic E-state index is 11.3. The van der Waals surface area contributed by atoms with Gasteiger partial charge in [-0.15, -0.1) is 0 Å². The number of hydrogen-bond donors (Lipinski definition) is 1. The van der Waals surface area contributed by atoms with E-state index in [2.05, 4.69) is 10.3 Å². The second kappa shape index (κ2) is 4.54. The van der Waals surface area contributed by atoms with Crippen LogP contribution in [0.3, 0.4) is 0 Å². The first-order valence-electron chi connectivity index (χ1n) is 5.14. The summed E-state index contributed by atoms with van der Waals surface area (Å²) in [6, 6.07) is 3.70. The maximum Gasteiger partial charge on any atom is 0.317 e. The average molecular weight is 230 g/mol. The highest BCUT2D eigenvalue weighted by molar-refractivity contribution is 5.76. The number of carbonyl (C=O) groups excluding carboxylic acids is 1. The normalized spacial score (nSPS) is 14.2. The number of nitrogens with one attached hydrogen (secondary N) is 1. The summed E-state index contributed by atoms with van der Waals surface area (Å²) in [6.07, 6.45) is 1.45. The lowest BCUT2D eigenvalue weighted by Gasteiger charge is -2.14. The molecule has 0 unspecified atom stereocenters. The average Bonchev–Trinajstić information content (AvgIpc) is 2.92. The molecule has 0 aliphatic carbocycles. The molecule has 0 aromatic carbocycles. The highest BCUT2D eigenvalue weighted by atomic mass is 16.2. The number of nitriles is 2. The Morgan fingerprint density at radius 3 is 2.82 bits per heavy atom. The van der Waals surface area contributed by atoms with E-state index in [1.54, 1.807) is 9.47 Å². The number of hydrogen-bond acceptors (Lipinski definition) is 4. The van der Waals surface area contributed by atoms with Crippen LogP contribution >= 0.6 is 0 Å². The zero-order chi connectivity index (χ0) is 12.3. The second-order valence-corrected chi connectivity index (χ2v) is 3.58. The molecule has 7 heteroatoms. The minimum atomic E-state index is -0.0934. The quantitative estimate of drug-likeness (QED) is 0.767. The third kappa shape index (κ3) is 2.04. The summed E-state index contributed by atoms with van der Waals surface area (Å²) in [5.41, 5.74) is 0.366. The van der Waals surface area contributed by atoms with Gasteiger partial charge in [0.15, 0.2) is 11.4 Å². The summed E-state index contributed by atoms with van der Waals surface area (Å²) < 4.78 is 1.59. The number of nitrogens with zero attached hydrogens (tertiary/aromatic N) is 5. The molecular weight excluding hydrogens is 220 g/mol. The van der Waals surface area contributed by atoms with Crippen LogP contribution < -0.4 is 5.32 Å². The second-order valence-electron chi connectivity index (χ2n) is 3.58. The minimum Gasteiger partial charge on any atom is -0.336 e. The van der Waals surface area contributed by atoms with E-state index in [-0.39, 0.29) is 17.4 Å². The van der Waals surface area contributed by atoms with Crippen molar-refractivity contribution in [2.45, 2.75) is 6.54 Å². The fourth-order valence-electron chi connectivity index (χ4n) is 1.70. The van der Waals surface area contributed by atoms with Crippen molar-refractivity contribution in [3.8, 4) is 12.1 Å². The van der Waals surface area contributed by atoms with Gasteiger partial charge in [0.25, 0.3) is 0 Å². The van der Waals surface area contributed by atoms with Gasteiger partial charge >= 0.3 is 6.03 Å². The summed E-state index contributed by atoms with van der Waals surface area (Å²) in [4.78, 5) is 16.8. The van der Waals surface area contributed by atoms with Gasteiger partial charge in [-0.25, -0.2) is 9.78 Å². The molecule has 1 aliphatic rings. The Morgan fingerprint density at radius 1 is 1.41 bits per heavy atom. The Morgan fingerprint density at radius 2 is 2.24 bits per heavy atom. The minimum absolute atomic E-state index is 0.0934. The van der Waals surface area contributed by atoms with Crippen LogP contribution in [0, 0.1) is 22.7 Å². The van der Waals surface area contributed by atoms with Crippen molar-refractivity contribution < 1.29 is 4.79 Å². The van der Waals surface area contributed by atoms with Gasteiger partial charge in [0.1, 0.15) is 12.1 Å². The van der Waals surface area contributed by atoms with Crippen LogP contribution in [-0.2, 0) is 6.54 Å². The van der Waals surface area contributed by atoms with Crippen LogP contribution in [0.2, 0.25) is 0 Å². The molecule has 0 atom stereocenters. The van der Waals surface area contributed by atoms with E-state index in [0.29, 0.717) is 26.2 Å². The van der Waals surface area contributed by atoms with Crippen LogP contribution in [0.5, 0.6) is 0 Å². The Hall–Kier alpha value is -2.54. The summed E-state index contributed by atoms with van der Waals surface area (Å²) in [7, 11) is 0. The highest BCUT2D eigenvalue weighted by Crippen LogP contribution is 2.06. The molecule has 0 radical (unpaired) electrons. The standard InChI is InChI=1S/C10H10N6O/c11-5-8-9(6-12)16(7-14-8)4-3-15-2-1-13-10(15)17/h7H,1-4H2,(H,13,17). The largest absolute Gasteiger partial charge is 0.336 e. The molecule has 7 nitrogen and oxygen atoms in total. The lowest BCUT2D eigenvalue weighted by Crippen LogP contribution is -2.31. The summed E-state index contributed by atoms with van der Waals surface area (Å²) in [5.74, 6) is 0. The van der Waals surface area contributed by atoms with E-state index >= 15 is 0 Å². The van der Waals surface area contributed by atoms with Crippen LogP contribution in [0.4, 0.5) is 4.79 Å². The van der Waals surface area contributed by atoms with Gasteiger partial charge in [-0.1, -0.05) is 0 Å². The first kappa shape index (κ1) is 11.0. The van der Waals surface area contributed by atoms with Crippen LogP contribution in [0.25, 0.3) is 0 Å². The molecule has 1 fully saturated rings. The molecule has 17 heavy (non-hydrogen) atoms. The van der Waals surface area contributed by atoms with Crippen molar-refractivity contribution >= 4 is 6.03 Å². The molecule has 1 aromatic heterocycles. The predicted octanol–water partition coefficient (Wildman–Crippen LogP) is -0.348. The molecule has 1 aliphatic heterocycles. The Labute approximate surface area is 97.9 Å². The molecular formula is C10H10N6O. The van der Waals surface area contributed by atoms with E-state index in [1.165, 1.54) is 6.33 Å². The molecule has 2 rings (SSSR count). The maximum absolute atomic E-state index is 11.3. The number of urea groups is 1. The fraction of sp³-hybridized carbons (Fsp3) is 0.400. The zero-order valence-electron chi connectivity index (χ0n) is 9.05. The van der Waals surface area contributed by atoms with E-state index in [1.807, 2.05) is 12.1 Å². The molecule has 0 spiro atoms. The van der Waals surface area contributed by atoms with Crippen molar-refractivity contribution in [2.75, 3.05) is 19.6 Å². The van der Waals surface area contributed by atoms with Gasteiger partial charge in [-0.05, 0) is 0 Å². The Bertz CT molecular complexity index is 520. The van der Waals surface area contributed by atoms with Crippen molar-refractivity contribution in [1.82, 2.24) is 19.8 Å². The summed E-state index contributed by atoms with van der Waals surface area (Å²) in [6.45, 7) is 2.28. The lowest BCUT2D eigenvalue weighted by molar-refractivity contribution is 0.215. The Balaban J connectivity index is 2.05. The monoisotopic (exact) mass is 230 g/mol. The van der Waals surface area contributed by atoms with Crippen molar-refractivity contribution in [3.63, 3.8) is 0 Å². The van der Waals surface area contributed by atoms with E-state index in [4.69, 9.17) is 10.5 Å². The number of carbonyl (C=O) groups is 1.